The molecule has 4 rings (SSSR count). The number of hydrogen-bond acceptors (Lipinski definition) is 17. The fourth-order valence-corrected chi connectivity index (χ4v) is 11.5. The van der Waals surface area contributed by atoms with E-state index in [9.17, 15) is 62.3 Å². The highest BCUT2D eigenvalue weighted by atomic mass is 32.2. The van der Waals surface area contributed by atoms with Gasteiger partial charge in [0.05, 0.1) is 12.6 Å². The largest absolute Gasteiger partial charge is 0.370 e. The number of likely N-dealkylation sites (tertiary alicyclic amines) is 2. The Morgan fingerprint density at radius 1 is 0.537 bits per heavy atom. The maximum absolute atomic E-state index is 14.7. The molecule has 2 aliphatic rings. The van der Waals surface area contributed by atoms with Crippen molar-refractivity contribution >= 4 is 94.5 Å². The van der Waals surface area contributed by atoms with Gasteiger partial charge in [-0.15, -0.1) is 0 Å². The number of primary amides is 3. The minimum absolute atomic E-state index is 0.0736. The molecule has 10 atom stereocenters. The average molecular weight is 1350 g/mol. The van der Waals surface area contributed by atoms with Crippen LogP contribution in [-0.4, -0.2) is 198 Å². The second kappa shape index (κ2) is 41.0. The van der Waals surface area contributed by atoms with Crippen molar-refractivity contribution in [1.29, 1.82) is 0 Å². The summed E-state index contributed by atoms with van der Waals surface area (Å²) in [5.74, 6) is -9.80. The Hall–Kier alpha value is -8.91. The highest BCUT2D eigenvalue weighted by molar-refractivity contribution is 7.98. The first-order valence-corrected chi connectivity index (χ1v) is 33.6. The minimum atomic E-state index is -1.64. The number of benzene rings is 2. The van der Waals surface area contributed by atoms with Crippen LogP contribution in [0, 0.1) is 5.92 Å². The molecule has 13 amide bonds. The molecule has 2 aromatic carbocycles. The molecule has 2 heterocycles. The molecule has 0 spiro atoms. The quantitative estimate of drug-likeness (QED) is 0.0173. The highest BCUT2D eigenvalue weighted by Gasteiger charge is 2.42. The van der Waals surface area contributed by atoms with Gasteiger partial charge in [0.2, 0.25) is 76.8 Å². The molecule has 0 bridgehead atoms. The molecule has 2 aromatic rings. The van der Waals surface area contributed by atoms with E-state index in [2.05, 4.69) is 47.5 Å². The zero-order valence-electron chi connectivity index (χ0n) is 54.5. The number of nitrogens with one attached hydrogen (secondary N) is 8. The van der Waals surface area contributed by atoms with Gasteiger partial charge in [-0.05, 0) is 119 Å². The normalized spacial score (nSPS) is 16.8. The molecular formula is C63H98N18O13S. The Morgan fingerprint density at radius 2 is 1.01 bits per heavy atom. The smallest absolute Gasteiger partial charge is 0.245 e. The van der Waals surface area contributed by atoms with Gasteiger partial charge in [0.15, 0.2) is 5.96 Å². The highest BCUT2D eigenvalue weighted by Crippen LogP contribution is 2.24. The van der Waals surface area contributed by atoms with Crippen molar-refractivity contribution in [3.05, 3.63) is 71.8 Å². The van der Waals surface area contributed by atoms with Crippen LogP contribution in [0.3, 0.4) is 0 Å². The van der Waals surface area contributed by atoms with Crippen molar-refractivity contribution in [1.82, 2.24) is 52.3 Å². The first-order valence-electron chi connectivity index (χ1n) is 32.2. The van der Waals surface area contributed by atoms with Gasteiger partial charge in [0, 0.05) is 45.3 Å². The summed E-state index contributed by atoms with van der Waals surface area (Å²) in [6.45, 7) is 3.86. The van der Waals surface area contributed by atoms with Gasteiger partial charge >= 0.3 is 0 Å². The van der Waals surface area contributed by atoms with Crippen molar-refractivity contribution in [3.63, 3.8) is 0 Å². The fourth-order valence-electron chi connectivity index (χ4n) is 11.0. The Balaban J connectivity index is 1.56. The number of guanidine groups is 1. The molecule has 2 saturated heterocycles. The van der Waals surface area contributed by atoms with Gasteiger partial charge in [-0.25, -0.2) is 0 Å². The van der Waals surface area contributed by atoms with Crippen LogP contribution in [0.1, 0.15) is 121 Å². The monoisotopic (exact) mass is 1350 g/mol. The molecule has 2 fully saturated rings. The number of unbranched alkanes of at least 4 members (excludes halogenated alkanes) is 1. The van der Waals surface area contributed by atoms with Crippen molar-refractivity contribution in [2.45, 2.75) is 183 Å². The number of amides is 13. The predicted octanol–water partition coefficient (Wildman–Crippen LogP) is -3.71. The van der Waals surface area contributed by atoms with E-state index in [-0.39, 0.29) is 83.0 Å². The number of rotatable bonds is 42. The lowest BCUT2D eigenvalue weighted by atomic mass is 10.0. The Morgan fingerprint density at radius 3 is 1.51 bits per heavy atom. The molecule has 0 aliphatic carbocycles. The molecule has 524 valence electrons. The Labute approximate surface area is 558 Å². The van der Waals surface area contributed by atoms with Gasteiger partial charge in [0.25, 0.3) is 0 Å². The molecule has 0 unspecified atom stereocenters. The van der Waals surface area contributed by atoms with Crippen LogP contribution in [0.15, 0.2) is 65.7 Å². The van der Waals surface area contributed by atoms with Gasteiger partial charge in [-0.3, -0.25) is 67.3 Å². The Bertz CT molecular complexity index is 2960. The molecule has 0 aromatic heterocycles. The van der Waals surface area contributed by atoms with Crippen LogP contribution < -0.4 is 82.7 Å². The number of nitrogens with two attached hydrogens (primary N) is 7. The lowest BCUT2D eigenvalue weighted by Crippen LogP contribution is -2.60. The summed E-state index contributed by atoms with van der Waals surface area (Å²) < 4.78 is 0. The van der Waals surface area contributed by atoms with Crippen LogP contribution in [0.4, 0.5) is 0 Å². The van der Waals surface area contributed by atoms with Crippen molar-refractivity contribution in [3.8, 4) is 0 Å². The topological polar surface area (TPSA) is 519 Å². The first kappa shape index (κ1) is 78.5. The second-order valence-electron chi connectivity index (χ2n) is 24.1. The lowest BCUT2D eigenvalue weighted by molar-refractivity contribution is -0.144. The standard InChI is InChI=1S/C63H98N18O13S/c1-37(2)33-45(57(89)74-41(53(68)85)27-32-95-3)73-52(84)36-72-54(86)46(34-38-15-6-4-7-16-38)78-58(90)47(35-39-17-8-5-9-18-39)79-56(88)42(23-25-50(66)82)75-55(87)43(24-26-51(67)83)76-59(91)49-22-14-31-81(49)62(94)44(20-10-11-28-64)77-60(92)48-21-13-30-80(48)61(93)40(65)19-12-29-71-63(69)70/h4-9,15-18,37,40-49H,10-14,19-36,64-65H2,1-3H3,(H2,66,82)(H2,67,83)(H2,68,85)(H,72,86)(H,73,84)(H,74,89)(H,75,87)(H,76,91)(H,77,92)(H,78,90)(H,79,88)(H4,69,70,71)/t40-,41-,42+,43+,44+,45+,46+,47-,48+,49+/m0/s1. The molecule has 0 saturated carbocycles. The van der Waals surface area contributed by atoms with Crippen molar-refractivity contribution < 1.29 is 62.3 Å². The summed E-state index contributed by atoms with van der Waals surface area (Å²) in [5, 5.41) is 21.1. The molecule has 95 heavy (non-hydrogen) atoms. The third kappa shape index (κ3) is 27.5. The van der Waals surface area contributed by atoms with Gasteiger partial charge in [-0.1, -0.05) is 74.5 Å². The third-order valence-electron chi connectivity index (χ3n) is 16.0. The van der Waals surface area contributed by atoms with E-state index in [1.807, 2.05) is 20.1 Å². The van der Waals surface area contributed by atoms with Crippen LogP contribution in [0.5, 0.6) is 0 Å². The molecule has 22 N–H and O–H groups in total. The summed E-state index contributed by atoms with van der Waals surface area (Å²) in [6.07, 6.45) is 3.12. The van der Waals surface area contributed by atoms with Crippen molar-refractivity contribution in [2.75, 3.05) is 44.7 Å². The SMILES string of the molecule is CSCC[C@H](NC(=O)[C@@H](CC(C)C)NC(=O)CNC(=O)[C@@H](Cc1ccccc1)NC(=O)[C@H](Cc1ccccc1)NC(=O)[C@@H](CCC(N)=O)NC(=O)[C@@H](CCC(N)=O)NC(=O)[C@H]1CCCN1C(=O)[C@@H](CCCCN)NC(=O)[C@H]1CCCN1C(=O)[C@@H](N)CCCN=C(N)N)C(N)=O. The number of carbonyl (C=O) groups is 13. The maximum Gasteiger partial charge on any atom is 0.245 e. The Kier molecular flexibility index (Phi) is 33.9. The summed E-state index contributed by atoms with van der Waals surface area (Å²) in [5.41, 5.74) is 40.6. The molecule has 31 nitrogen and oxygen atoms in total. The predicted molar refractivity (Wildman–Crippen MR) is 356 cm³/mol. The van der Waals surface area contributed by atoms with Gasteiger partial charge in [-0.2, -0.15) is 11.8 Å². The van der Waals surface area contributed by atoms with E-state index >= 15 is 0 Å². The molecule has 32 heteroatoms. The van der Waals surface area contributed by atoms with Crippen LogP contribution >= 0.6 is 11.8 Å². The maximum atomic E-state index is 14.7. The number of hydrogen-bond donors (Lipinski definition) is 15. The molecule has 0 radical (unpaired) electrons. The first-order chi connectivity index (χ1) is 45.2. The second-order valence-corrected chi connectivity index (χ2v) is 25.1. The number of carbonyl (C=O) groups excluding carboxylic acids is 13. The van der Waals surface area contributed by atoms with E-state index in [4.69, 9.17) is 40.1 Å². The molecular weight excluding hydrogens is 1250 g/mol. The van der Waals surface area contributed by atoms with Gasteiger partial charge < -0.3 is 92.5 Å². The zero-order chi connectivity index (χ0) is 70.1. The fraction of sp³-hybridized carbons (Fsp3) is 0.587. The average Bonchev–Trinajstić information content (AvgIpc) is 1.74. The zero-order valence-corrected chi connectivity index (χ0v) is 55.3. The number of nitrogens with zero attached hydrogens (tertiary/aromatic N) is 3. The summed E-state index contributed by atoms with van der Waals surface area (Å²) in [4.78, 5) is 185. The summed E-state index contributed by atoms with van der Waals surface area (Å²) in [6, 6.07) is 4.51. The van der Waals surface area contributed by atoms with Crippen LogP contribution in [0.25, 0.3) is 0 Å². The lowest BCUT2D eigenvalue weighted by Gasteiger charge is -2.32. The minimum Gasteiger partial charge on any atom is -0.370 e. The third-order valence-corrected chi connectivity index (χ3v) is 16.7. The van der Waals surface area contributed by atoms with E-state index in [1.54, 1.807) is 60.7 Å². The van der Waals surface area contributed by atoms with Crippen LogP contribution in [-0.2, 0) is 75.2 Å². The van der Waals surface area contributed by atoms with Crippen molar-refractivity contribution in [2.24, 2.45) is 51.0 Å². The van der Waals surface area contributed by atoms with E-state index in [0.717, 1.165) is 0 Å². The number of aliphatic imine (C=N–C) groups is 1. The molecule has 2 aliphatic heterocycles. The van der Waals surface area contributed by atoms with Crippen LogP contribution in [0.2, 0.25) is 0 Å². The van der Waals surface area contributed by atoms with Gasteiger partial charge in [0.1, 0.15) is 54.4 Å². The van der Waals surface area contributed by atoms with E-state index < -0.39 is 169 Å². The van der Waals surface area contributed by atoms with E-state index in [1.165, 1.54) is 21.6 Å². The van der Waals surface area contributed by atoms with E-state index in [0.29, 0.717) is 55.4 Å². The number of thioether (sulfide) groups is 1. The summed E-state index contributed by atoms with van der Waals surface area (Å²) >= 11 is 1.45. The summed E-state index contributed by atoms with van der Waals surface area (Å²) in [7, 11) is 0.